The summed E-state index contributed by atoms with van der Waals surface area (Å²) in [5.41, 5.74) is 3.67. The number of carbonyl (C=O) groups excluding carboxylic acids is 1. The summed E-state index contributed by atoms with van der Waals surface area (Å²) in [6.07, 6.45) is 1.06. The van der Waals surface area contributed by atoms with E-state index in [0.717, 1.165) is 40.7 Å². The number of furan rings is 1. The smallest absolute Gasteiger partial charge is 0.374 e. The molecule has 24 heavy (non-hydrogen) atoms. The van der Waals surface area contributed by atoms with E-state index in [1.165, 1.54) is 0 Å². The number of hydrogen-bond acceptors (Lipinski definition) is 4. The van der Waals surface area contributed by atoms with Crippen molar-refractivity contribution in [3.63, 3.8) is 0 Å². The third kappa shape index (κ3) is 1.99. The highest BCUT2D eigenvalue weighted by atomic mass is 16.6. The molecule has 3 atom stereocenters. The second-order valence-corrected chi connectivity index (χ2v) is 7.85. The van der Waals surface area contributed by atoms with Gasteiger partial charge in [0, 0.05) is 28.9 Å². The van der Waals surface area contributed by atoms with Gasteiger partial charge in [-0.2, -0.15) is 0 Å². The predicted molar refractivity (Wildman–Crippen MR) is 91.3 cm³/mol. The van der Waals surface area contributed by atoms with Gasteiger partial charge in [0.15, 0.2) is 0 Å². The Kier molecular flexibility index (Phi) is 3.33. The minimum absolute atomic E-state index is 0.104. The van der Waals surface area contributed by atoms with Crippen molar-refractivity contribution in [3.8, 4) is 0 Å². The Morgan fingerprint density at radius 2 is 1.92 bits per heavy atom. The molecule has 4 heteroatoms. The molecule has 1 aromatic carbocycles. The molecule has 4 nitrogen and oxygen atoms in total. The lowest BCUT2D eigenvalue weighted by atomic mass is 9.59. The number of aryl methyl sites for hydroxylation is 3. The lowest BCUT2D eigenvalue weighted by Gasteiger charge is -2.52. The Balaban J connectivity index is 1.66. The monoisotopic (exact) mass is 328 g/mol. The van der Waals surface area contributed by atoms with Gasteiger partial charge < -0.3 is 13.9 Å². The van der Waals surface area contributed by atoms with Crippen LogP contribution in [0.15, 0.2) is 16.5 Å². The van der Waals surface area contributed by atoms with Crippen LogP contribution in [0, 0.1) is 32.1 Å². The van der Waals surface area contributed by atoms with Gasteiger partial charge in [0.05, 0.1) is 6.10 Å². The molecule has 2 heterocycles. The maximum absolute atomic E-state index is 12.8. The van der Waals surface area contributed by atoms with E-state index < -0.39 is 0 Å². The fourth-order valence-electron chi connectivity index (χ4n) is 4.56. The average Bonchev–Trinajstić information content (AvgIpc) is 3.12. The Morgan fingerprint density at radius 1 is 1.21 bits per heavy atom. The van der Waals surface area contributed by atoms with Crippen LogP contribution in [0.25, 0.3) is 11.0 Å². The van der Waals surface area contributed by atoms with E-state index in [2.05, 4.69) is 19.9 Å². The highest BCUT2D eigenvalue weighted by Crippen LogP contribution is 2.54. The fraction of sp³-hybridized carbons (Fsp3) is 0.550. The molecule has 0 amide bonds. The first kappa shape index (κ1) is 15.7. The Morgan fingerprint density at radius 3 is 2.62 bits per heavy atom. The van der Waals surface area contributed by atoms with Crippen molar-refractivity contribution in [2.45, 2.75) is 53.2 Å². The number of esters is 1. The maximum Gasteiger partial charge on any atom is 0.374 e. The van der Waals surface area contributed by atoms with Crippen LogP contribution in [0.2, 0.25) is 0 Å². The van der Waals surface area contributed by atoms with Gasteiger partial charge in [-0.1, -0.05) is 26.0 Å². The fourth-order valence-corrected chi connectivity index (χ4v) is 4.56. The van der Waals surface area contributed by atoms with Gasteiger partial charge in [-0.25, -0.2) is 4.79 Å². The van der Waals surface area contributed by atoms with Crippen LogP contribution in [-0.4, -0.2) is 24.8 Å². The molecule has 1 aliphatic carbocycles. The molecule has 0 bridgehead atoms. The molecule has 128 valence electrons. The van der Waals surface area contributed by atoms with Gasteiger partial charge in [0.2, 0.25) is 5.76 Å². The summed E-state index contributed by atoms with van der Waals surface area (Å²) in [5, 5.41) is 1.02. The Hall–Kier alpha value is -1.81. The quantitative estimate of drug-likeness (QED) is 0.770. The summed E-state index contributed by atoms with van der Waals surface area (Å²) in [6, 6.07) is 4.08. The van der Waals surface area contributed by atoms with Gasteiger partial charge in [0.25, 0.3) is 0 Å². The second-order valence-electron chi connectivity index (χ2n) is 7.85. The third-order valence-electron chi connectivity index (χ3n) is 5.89. The van der Waals surface area contributed by atoms with Crippen LogP contribution in [-0.2, 0) is 9.47 Å². The molecule has 2 aromatic rings. The summed E-state index contributed by atoms with van der Waals surface area (Å²) in [4.78, 5) is 12.8. The zero-order valence-electron chi connectivity index (χ0n) is 14.9. The van der Waals surface area contributed by atoms with Gasteiger partial charge in [-0.3, -0.25) is 0 Å². The maximum atomic E-state index is 12.8. The first-order chi connectivity index (χ1) is 11.3. The zero-order chi connectivity index (χ0) is 17.2. The minimum Gasteiger partial charge on any atom is -0.455 e. The topological polar surface area (TPSA) is 48.7 Å². The molecule has 1 saturated heterocycles. The SMILES string of the molecule is Cc1ccc(C)c2c(C)c(C(=O)OC3C4CCOC4C3(C)C)oc12. The lowest BCUT2D eigenvalue weighted by Crippen LogP contribution is -2.61. The van der Waals surface area contributed by atoms with Crippen LogP contribution in [0.5, 0.6) is 0 Å². The van der Waals surface area contributed by atoms with Crippen molar-refractivity contribution < 1.29 is 18.7 Å². The van der Waals surface area contributed by atoms with E-state index in [0.29, 0.717) is 11.7 Å². The van der Waals surface area contributed by atoms with Crippen LogP contribution >= 0.6 is 0 Å². The van der Waals surface area contributed by atoms with Crippen molar-refractivity contribution >= 4 is 16.9 Å². The van der Waals surface area contributed by atoms with Crippen molar-refractivity contribution in [2.24, 2.45) is 11.3 Å². The summed E-state index contributed by atoms with van der Waals surface area (Å²) < 4.78 is 17.6. The zero-order valence-corrected chi connectivity index (χ0v) is 14.9. The first-order valence-corrected chi connectivity index (χ1v) is 8.64. The van der Waals surface area contributed by atoms with Crippen molar-refractivity contribution in [1.82, 2.24) is 0 Å². The molecule has 2 fully saturated rings. The van der Waals surface area contributed by atoms with Gasteiger partial charge in [0.1, 0.15) is 11.7 Å². The molecule has 4 rings (SSSR count). The number of fused-ring (bicyclic) bond motifs is 2. The highest BCUT2D eigenvalue weighted by molar-refractivity contribution is 5.98. The van der Waals surface area contributed by atoms with Crippen LogP contribution in [0.3, 0.4) is 0 Å². The van der Waals surface area contributed by atoms with E-state index in [4.69, 9.17) is 13.9 Å². The lowest BCUT2D eigenvalue weighted by molar-refractivity contribution is -0.183. The largest absolute Gasteiger partial charge is 0.455 e. The molecule has 3 unspecified atom stereocenters. The number of rotatable bonds is 2. The third-order valence-corrected chi connectivity index (χ3v) is 5.89. The molecular formula is C20H24O4. The molecule has 2 aliphatic rings. The van der Waals surface area contributed by atoms with E-state index in [9.17, 15) is 4.79 Å². The summed E-state index contributed by atoms with van der Waals surface area (Å²) >= 11 is 0. The molecule has 0 radical (unpaired) electrons. The summed E-state index contributed by atoms with van der Waals surface area (Å²) in [5.74, 6) is 0.295. The number of benzene rings is 1. The number of ether oxygens (including phenoxy) is 2. The van der Waals surface area contributed by atoms with Gasteiger partial charge >= 0.3 is 5.97 Å². The van der Waals surface area contributed by atoms with Gasteiger partial charge in [-0.05, 0) is 38.3 Å². The van der Waals surface area contributed by atoms with E-state index in [1.54, 1.807) is 0 Å². The van der Waals surface area contributed by atoms with Crippen molar-refractivity contribution in [3.05, 3.63) is 34.6 Å². The van der Waals surface area contributed by atoms with Crippen LogP contribution in [0.1, 0.15) is 47.5 Å². The van der Waals surface area contributed by atoms with Crippen molar-refractivity contribution in [2.75, 3.05) is 6.61 Å². The molecule has 1 aliphatic heterocycles. The van der Waals surface area contributed by atoms with Crippen LogP contribution in [0.4, 0.5) is 0 Å². The first-order valence-electron chi connectivity index (χ1n) is 8.64. The number of carbonyl (C=O) groups is 1. The highest BCUT2D eigenvalue weighted by Gasteiger charge is 2.61. The minimum atomic E-state index is -0.356. The normalized spacial score (nSPS) is 27.8. The van der Waals surface area contributed by atoms with Gasteiger partial charge in [-0.15, -0.1) is 0 Å². The molecule has 0 spiro atoms. The molecule has 1 aromatic heterocycles. The molecule has 0 N–H and O–H groups in total. The summed E-state index contributed by atoms with van der Waals surface area (Å²) in [6.45, 7) is 10.9. The predicted octanol–water partition coefficient (Wildman–Crippen LogP) is 4.33. The van der Waals surface area contributed by atoms with E-state index in [-0.39, 0.29) is 23.6 Å². The summed E-state index contributed by atoms with van der Waals surface area (Å²) in [7, 11) is 0. The van der Waals surface area contributed by atoms with Crippen LogP contribution < -0.4 is 0 Å². The standard InChI is InChI=1S/C20H24O4/c1-10-6-7-11(2)15-14(10)12(3)16(23-15)19(21)24-18-13-8-9-22-17(13)20(18,4)5/h6-7,13,17-18H,8-9H2,1-5H3. The molecule has 1 saturated carbocycles. The average molecular weight is 328 g/mol. The van der Waals surface area contributed by atoms with E-state index in [1.807, 2.05) is 26.8 Å². The second kappa shape index (κ2) is 5.09. The van der Waals surface area contributed by atoms with Crippen molar-refractivity contribution in [1.29, 1.82) is 0 Å². The number of hydrogen-bond donors (Lipinski definition) is 0. The van der Waals surface area contributed by atoms with E-state index >= 15 is 0 Å². The molecular weight excluding hydrogens is 304 g/mol. The Labute approximate surface area is 142 Å². The Bertz CT molecular complexity index is 830.